The molecule has 2 aliphatic rings. The predicted octanol–water partition coefficient (Wildman–Crippen LogP) is 3.14. The molecule has 0 saturated heterocycles. The molecule has 2 unspecified atom stereocenters. The van der Waals surface area contributed by atoms with Crippen LogP contribution in [0.1, 0.15) is 54.1 Å². The first kappa shape index (κ1) is 15.5. The van der Waals surface area contributed by atoms with Crippen molar-refractivity contribution in [1.29, 1.82) is 0 Å². The van der Waals surface area contributed by atoms with E-state index in [1.165, 1.54) is 12.1 Å². The number of aliphatic hydroxyl groups excluding tert-OH is 1. The van der Waals surface area contributed by atoms with E-state index in [0.29, 0.717) is 28.9 Å². The third kappa shape index (κ3) is 3.00. The average molecular weight is 328 g/mol. The van der Waals surface area contributed by atoms with Crippen LogP contribution in [0.3, 0.4) is 0 Å². The summed E-state index contributed by atoms with van der Waals surface area (Å²) in [5.74, 6) is -0.0536. The van der Waals surface area contributed by atoms with Gasteiger partial charge in [0.2, 0.25) is 0 Å². The minimum atomic E-state index is -0.372. The van der Waals surface area contributed by atoms with Crippen molar-refractivity contribution in [3.8, 4) is 0 Å². The highest BCUT2D eigenvalue weighted by atomic mass is 19.1. The second kappa shape index (κ2) is 6.13. The zero-order valence-corrected chi connectivity index (χ0v) is 13.5. The monoisotopic (exact) mass is 328 g/mol. The van der Waals surface area contributed by atoms with E-state index in [9.17, 15) is 14.3 Å². The van der Waals surface area contributed by atoms with Crippen molar-refractivity contribution in [3.63, 3.8) is 0 Å². The second-order valence-corrected chi connectivity index (χ2v) is 7.00. The molecule has 4 rings (SSSR count). The lowest BCUT2D eigenvalue weighted by Gasteiger charge is -2.16. The van der Waals surface area contributed by atoms with Gasteiger partial charge in [-0.25, -0.2) is 4.39 Å². The molecule has 4 nitrogen and oxygen atoms in total. The van der Waals surface area contributed by atoms with Crippen molar-refractivity contribution in [2.45, 2.75) is 44.1 Å². The van der Waals surface area contributed by atoms with Crippen molar-refractivity contribution in [1.82, 2.24) is 10.3 Å². The molecule has 2 aromatic rings. The van der Waals surface area contributed by atoms with Gasteiger partial charge in [-0.15, -0.1) is 0 Å². The lowest BCUT2D eigenvalue weighted by Crippen LogP contribution is -2.32. The molecule has 126 valence electrons. The number of aromatic nitrogens is 1. The summed E-state index contributed by atoms with van der Waals surface area (Å²) in [6, 6.07) is 6.19. The smallest absolute Gasteiger partial charge is 0.252 e. The average Bonchev–Trinajstić information content (AvgIpc) is 3.34. The number of rotatable bonds is 4. The molecule has 5 heteroatoms. The number of amides is 1. The molecule has 2 N–H and O–H groups in total. The Morgan fingerprint density at radius 1 is 1.25 bits per heavy atom. The van der Waals surface area contributed by atoms with Crippen LogP contribution in [0.4, 0.5) is 4.39 Å². The molecule has 1 heterocycles. The molecule has 1 aromatic heterocycles. The summed E-state index contributed by atoms with van der Waals surface area (Å²) in [6.07, 6.45) is 4.58. The fourth-order valence-corrected chi connectivity index (χ4v) is 3.57. The van der Waals surface area contributed by atoms with E-state index in [-0.39, 0.29) is 23.7 Å². The van der Waals surface area contributed by atoms with Crippen LogP contribution in [0.5, 0.6) is 0 Å². The Labute approximate surface area is 140 Å². The Balaban J connectivity index is 1.63. The second-order valence-electron chi connectivity index (χ2n) is 7.00. The summed E-state index contributed by atoms with van der Waals surface area (Å²) in [5.41, 5.74) is 2.06. The number of fused-ring (bicyclic) bond motifs is 1. The molecule has 24 heavy (non-hydrogen) atoms. The van der Waals surface area contributed by atoms with Gasteiger partial charge in [0.05, 0.1) is 17.2 Å². The summed E-state index contributed by atoms with van der Waals surface area (Å²) in [7, 11) is 0. The highest BCUT2D eigenvalue weighted by Crippen LogP contribution is 2.40. The maximum atomic E-state index is 13.6. The third-order valence-electron chi connectivity index (χ3n) is 5.17. The normalized spacial score (nSPS) is 23.6. The van der Waals surface area contributed by atoms with Crippen LogP contribution >= 0.6 is 0 Å². The Morgan fingerprint density at radius 3 is 2.79 bits per heavy atom. The van der Waals surface area contributed by atoms with Gasteiger partial charge in [-0.2, -0.15) is 0 Å². The van der Waals surface area contributed by atoms with Gasteiger partial charge in [0.25, 0.3) is 5.91 Å². The number of benzene rings is 1. The lowest BCUT2D eigenvalue weighted by atomic mass is 10.0. The van der Waals surface area contributed by atoms with E-state index in [2.05, 4.69) is 10.3 Å². The van der Waals surface area contributed by atoms with Gasteiger partial charge in [0.1, 0.15) is 5.82 Å². The summed E-state index contributed by atoms with van der Waals surface area (Å²) in [5, 5.41) is 13.4. The van der Waals surface area contributed by atoms with Crippen molar-refractivity contribution >= 4 is 16.8 Å². The lowest BCUT2D eigenvalue weighted by molar-refractivity contribution is 0.0918. The number of nitrogens with one attached hydrogen (secondary N) is 1. The number of aliphatic hydroxyl groups is 1. The molecule has 1 aromatic carbocycles. The fraction of sp³-hybridized carbons (Fsp3) is 0.474. The van der Waals surface area contributed by atoms with Crippen LogP contribution in [0.15, 0.2) is 24.3 Å². The van der Waals surface area contributed by atoms with Gasteiger partial charge in [-0.05, 0) is 49.9 Å². The third-order valence-corrected chi connectivity index (χ3v) is 5.17. The van der Waals surface area contributed by atoms with Gasteiger partial charge >= 0.3 is 0 Å². The number of carbonyl (C=O) groups excluding carboxylic acids is 1. The van der Waals surface area contributed by atoms with E-state index in [1.807, 2.05) is 0 Å². The Hall–Kier alpha value is -2.01. The number of hydrogen-bond acceptors (Lipinski definition) is 3. The first-order valence-electron chi connectivity index (χ1n) is 8.68. The fourth-order valence-electron chi connectivity index (χ4n) is 3.57. The number of pyridine rings is 1. The molecule has 0 aliphatic heterocycles. The van der Waals surface area contributed by atoms with Crippen molar-refractivity contribution in [2.75, 3.05) is 6.54 Å². The van der Waals surface area contributed by atoms with Gasteiger partial charge in [0, 0.05) is 29.5 Å². The van der Waals surface area contributed by atoms with Crippen molar-refractivity contribution in [3.05, 3.63) is 41.3 Å². The van der Waals surface area contributed by atoms with Crippen LogP contribution in [-0.2, 0) is 0 Å². The Bertz CT molecular complexity index is 788. The zero-order chi connectivity index (χ0) is 16.7. The molecular formula is C19H21FN2O2. The summed E-state index contributed by atoms with van der Waals surface area (Å²) >= 11 is 0. The molecule has 2 aliphatic carbocycles. The first-order valence-corrected chi connectivity index (χ1v) is 8.68. The molecule has 0 bridgehead atoms. The van der Waals surface area contributed by atoms with Crippen LogP contribution in [0, 0.1) is 11.7 Å². The summed E-state index contributed by atoms with van der Waals surface area (Å²) in [4.78, 5) is 17.3. The van der Waals surface area contributed by atoms with E-state index in [4.69, 9.17) is 0 Å². The Kier molecular flexibility index (Phi) is 3.96. The van der Waals surface area contributed by atoms with Crippen LogP contribution < -0.4 is 5.32 Å². The SMILES string of the molecule is O=C(NCC1CCCC1O)c1cc(C2CC2)nc2ccc(F)cc12. The largest absolute Gasteiger partial charge is 0.393 e. The first-order chi connectivity index (χ1) is 11.6. The molecule has 2 saturated carbocycles. The zero-order valence-electron chi connectivity index (χ0n) is 13.5. The molecule has 0 radical (unpaired) electrons. The van der Waals surface area contributed by atoms with Crippen LogP contribution in [-0.4, -0.2) is 28.6 Å². The maximum absolute atomic E-state index is 13.6. The predicted molar refractivity (Wildman–Crippen MR) is 89.4 cm³/mol. The summed E-state index contributed by atoms with van der Waals surface area (Å²) in [6.45, 7) is 0.456. The maximum Gasteiger partial charge on any atom is 0.252 e. The van der Waals surface area contributed by atoms with Crippen LogP contribution in [0.25, 0.3) is 10.9 Å². The van der Waals surface area contributed by atoms with Gasteiger partial charge < -0.3 is 10.4 Å². The van der Waals surface area contributed by atoms with E-state index >= 15 is 0 Å². The van der Waals surface area contributed by atoms with Crippen LogP contribution in [0.2, 0.25) is 0 Å². The number of carbonyl (C=O) groups is 1. The van der Waals surface area contributed by atoms with E-state index in [0.717, 1.165) is 37.8 Å². The van der Waals surface area contributed by atoms with E-state index < -0.39 is 0 Å². The minimum absolute atomic E-state index is 0.113. The molecule has 0 spiro atoms. The van der Waals surface area contributed by atoms with Crippen molar-refractivity contribution < 1.29 is 14.3 Å². The topological polar surface area (TPSA) is 62.2 Å². The highest BCUT2D eigenvalue weighted by Gasteiger charge is 2.28. The Morgan fingerprint density at radius 2 is 2.08 bits per heavy atom. The molecule has 2 fully saturated rings. The summed E-state index contributed by atoms with van der Waals surface area (Å²) < 4.78 is 13.6. The number of halogens is 1. The number of hydrogen-bond donors (Lipinski definition) is 2. The minimum Gasteiger partial charge on any atom is -0.393 e. The quantitative estimate of drug-likeness (QED) is 0.906. The van der Waals surface area contributed by atoms with Gasteiger partial charge in [0.15, 0.2) is 0 Å². The molecule has 2 atom stereocenters. The van der Waals surface area contributed by atoms with Crippen molar-refractivity contribution in [2.24, 2.45) is 5.92 Å². The van der Waals surface area contributed by atoms with Gasteiger partial charge in [-0.1, -0.05) is 6.42 Å². The van der Waals surface area contributed by atoms with Gasteiger partial charge in [-0.3, -0.25) is 9.78 Å². The highest BCUT2D eigenvalue weighted by molar-refractivity contribution is 6.06. The standard InChI is InChI=1S/C19H21FN2O2/c20-13-6-7-16-14(8-13)15(9-17(22-16)11-4-5-11)19(24)21-10-12-2-1-3-18(12)23/h6-9,11-12,18,23H,1-5,10H2,(H,21,24). The number of nitrogens with zero attached hydrogens (tertiary/aromatic N) is 1. The molecule has 1 amide bonds. The molecular weight excluding hydrogens is 307 g/mol. The van der Waals surface area contributed by atoms with E-state index in [1.54, 1.807) is 12.1 Å².